The molecule has 0 bridgehead atoms. The predicted octanol–water partition coefficient (Wildman–Crippen LogP) is 0.190. The second-order valence-corrected chi connectivity index (χ2v) is 5.78. The lowest BCUT2D eigenvalue weighted by atomic mass is 10.3. The highest BCUT2D eigenvalue weighted by Crippen LogP contribution is 2.14. The lowest BCUT2D eigenvalue weighted by Gasteiger charge is -2.05. The van der Waals surface area contributed by atoms with Crippen LogP contribution in [0.25, 0.3) is 0 Å². The van der Waals surface area contributed by atoms with E-state index in [9.17, 15) is 16.8 Å². The first-order valence-electron chi connectivity index (χ1n) is 3.95. The number of rotatable bonds is 4. The van der Waals surface area contributed by atoms with Crippen molar-refractivity contribution in [3.05, 3.63) is 24.3 Å². The molecule has 0 amide bonds. The molecule has 16 heavy (non-hydrogen) atoms. The fourth-order valence-electron chi connectivity index (χ4n) is 0.941. The summed E-state index contributed by atoms with van der Waals surface area (Å²) in [6, 6.07) is 4.89. The molecule has 0 aromatic heterocycles. The molecule has 9 heteroatoms. The lowest BCUT2D eigenvalue weighted by Crippen LogP contribution is -2.13. The average molecular weight is 267 g/mol. The molecule has 0 heterocycles. The summed E-state index contributed by atoms with van der Waals surface area (Å²) in [6.45, 7) is 0. The topological polar surface area (TPSA) is 121 Å². The average Bonchev–Trinajstić information content (AvgIpc) is 2.13. The summed E-state index contributed by atoms with van der Waals surface area (Å²) in [5, 5.41) is 2.28. The van der Waals surface area contributed by atoms with E-state index in [0.29, 0.717) is 0 Å². The molecular formula is C7H9NO6S2. The number of anilines is 1. The Balaban J connectivity index is 2.92. The van der Waals surface area contributed by atoms with Crippen molar-refractivity contribution in [2.75, 3.05) is 11.2 Å². The molecule has 0 aliphatic rings. The van der Waals surface area contributed by atoms with Gasteiger partial charge >= 0.3 is 0 Å². The molecule has 3 N–H and O–H groups in total. The largest absolute Gasteiger partial charge is 0.370 e. The van der Waals surface area contributed by atoms with E-state index in [1.165, 1.54) is 12.1 Å². The molecule has 0 aliphatic heterocycles. The van der Waals surface area contributed by atoms with Crippen LogP contribution >= 0.6 is 0 Å². The Morgan fingerprint density at radius 3 is 2.25 bits per heavy atom. The molecule has 1 aromatic rings. The van der Waals surface area contributed by atoms with Crippen LogP contribution in [0.4, 0.5) is 5.69 Å². The molecule has 1 rings (SSSR count). The van der Waals surface area contributed by atoms with Gasteiger partial charge in [0.15, 0.2) is 0 Å². The molecule has 90 valence electrons. The van der Waals surface area contributed by atoms with Crippen molar-refractivity contribution in [3.8, 4) is 0 Å². The van der Waals surface area contributed by atoms with Gasteiger partial charge in [-0.2, -0.15) is 16.8 Å². The van der Waals surface area contributed by atoms with Crippen molar-refractivity contribution in [1.29, 1.82) is 0 Å². The van der Waals surface area contributed by atoms with Crippen LogP contribution in [0, 0.1) is 0 Å². The zero-order valence-electron chi connectivity index (χ0n) is 7.86. The van der Waals surface area contributed by atoms with Crippen molar-refractivity contribution < 1.29 is 25.9 Å². The van der Waals surface area contributed by atoms with E-state index in [1.807, 2.05) is 0 Å². The first kappa shape index (κ1) is 12.9. The van der Waals surface area contributed by atoms with Gasteiger partial charge in [-0.05, 0) is 18.2 Å². The maximum Gasteiger partial charge on any atom is 0.294 e. The first-order chi connectivity index (χ1) is 7.18. The van der Waals surface area contributed by atoms with Crippen LogP contribution in [0.1, 0.15) is 0 Å². The minimum absolute atomic E-state index is 0.146. The molecule has 0 radical (unpaired) electrons. The second-order valence-electron chi connectivity index (χ2n) is 2.91. The van der Waals surface area contributed by atoms with Crippen LogP contribution in [0.15, 0.2) is 29.2 Å². The molecule has 0 aliphatic carbocycles. The zero-order chi connectivity index (χ0) is 12.4. The maximum absolute atomic E-state index is 10.7. The monoisotopic (exact) mass is 267 g/mol. The van der Waals surface area contributed by atoms with Crippen molar-refractivity contribution in [1.82, 2.24) is 0 Å². The SMILES string of the molecule is O=S(=O)(O)CNc1cccc(S(=O)(=O)O)c1. The minimum Gasteiger partial charge on any atom is -0.370 e. The molecule has 0 spiro atoms. The van der Waals surface area contributed by atoms with Crippen LogP contribution in [0.5, 0.6) is 0 Å². The fraction of sp³-hybridized carbons (Fsp3) is 0.143. The smallest absolute Gasteiger partial charge is 0.294 e. The molecule has 0 atom stereocenters. The summed E-state index contributed by atoms with van der Waals surface area (Å²) in [6.07, 6.45) is 0. The van der Waals surface area contributed by atoms with E-state index in [0.717, 1.165) is 12.1 Å². The summed E-state index contributed by atoms with van der Waals surface area (Å²) in [4.78, 5) is -0.368. The highest BCUT2D eigenvalue weighted by atomic mass is 32.2. The molecule has 0 saturated heterocycles. The van der Waals surface area contributed by atoms with E-state index < -0.39 is 26.1 Å². The van der Waals surface area contributed by atoms with Gasteiger partial charge in [0.2, 0.25) is 0 Å². The Hall–Kier alpha value is -1.16. The Labute approximate surface area is 92.6 Å². The fourth-order valence-corrected chi connectivity index (χ4v) is 1.82. The third kappa shape index (κ3) is 4.14. The summed E-state index contributed by atoms with van der Waals surface area (Å²) in [5.41, 5.74) is 0.146. The Morgan fingerprint density at radius 1 is 1.12 bits per heavy atom. The number of hydrogen-bond acceptors (Lipinski definition) is 5. The molecule has 1 aromatic carbocycles. The lowest BCUT2D eigenvalue weighted by molar-refractivity contribution is 0.482. The molecule has 0 saturated carbocycles. The second kappa shape index (κ2) is 4.37. The van der Waals surface area contributed by atoms with E-state index in [4.69, 9.17) is 9.11 Å². The van der Waals surface area contributed by atoms with Crippen molar-refractivity contribution in [2.24, 2.45) is 0 Å². The number of benzene rings is 1. The third-order valence-electron chi connectivity index (χ3n) is 1.59. The number of nitrogens with one attached hydrogen (secondary N) is 1. The minimum atomic E-state index is -4.33. The van der Waals surface area contributed by atoms with Gasteiger partial charge in [0, 0.05) is 5.69 Å². The maximum atomic E-state index is 10.7. The Bertz CT molecular complexity index is 577. The first-order valence-corrected chi connectivity index (χ1v) is 7.00. The van der Waals surface area contributed by atoms with Crippen LogP contribution in [0.3, 0.4) is 0 Å². The van der Waals surface area contributed by atoms with E-state index >= 15 is 0 Å². The van der Waals surface area contributed by atoms with Gasteiger partial charge in [-0.3, -0.25) is 9.11 Å². The molecule has 0 unspecified atom stereocenters. The van der Waals surface area contributed by atoms with Gasteiger partial charge in [0.1, 0.15) is 5.88 Å². The Morgan fingerprint density at radius 2 is 1.75 bits per heavy atom. The van der Waals surface area contributed by atoms with Gasteiger partial charge < -0.3 is 5.32 Å². The summed E-state index contributed by atoms with van der Waals surface area (Å²) < 4.78 is 59.5. The summed E-state index contributed by atoms with van der Waals surface area (Å²) >= 11 is 0. The van der Waals surface area contributed by atoms with Gasteiger partial charge in [0.05, 0.1) is 4.90 Å². The van der Waals surface area contributed by atoms with Crippen molar-refractivity contribution in [3.63, 3.8) is 0 Å². The van der Waals surface area contributed by atoms with E-state index in [-0.39, 0.29) is 10.6 Å². The predicted molar refractivity (Wildman–Crippen MR) is 56.3 cm³/mol. The van der Waals surface area contributed by atoms with E-state index in [2.05, 4.69) is 5.32 Å². The standard InChI is InChI=1S/C7H9NO6S2/c9-15(10,11)5-8-6-2-1-3-7(4-6)16(12,13)14/h1-4,8H,5H2,(H,9,10,11)(H,12,13,14). The third-order valence-corrected chi connectivity index (χ3v) is 2.95. The van der Waals surface area contributed by atoms with Crippen molar-refractivity contribution in [2.45, 2.75) is 4.90 Å². The normalized spacial score (nSPS) is 12.4. The quantitative estimate of drug-likeness (QED) is 0.666. The molecule has 0 fully saturated rings. The Kier molecular flexibility index (Phi) is 3.53. The summed E-state index contributed by atoms with van der Waals surface area (Å²) in [5.74, 6) is -0.748. The van der Waals surface area contributed by atoms with Crippen LogP contribution in [-0.2, 0) is 20.2 Å². The van der Waals surface area contributed by atoms with Crippen molar-refractivity contribution >= 4 is 25.9 Å². The summed E-state index contributed by atoms with van der Waals surface area (Å²) in [7, 11) is -8.52. The molecular weight excluding hydrogens is 258 g/mol. The van der Waals surface area contributed by atoms with Gasteiger partial charge in [-0.1, -0.05) is 6.07 Å². The van der Waals surface area contributed by atoms with Crippen LogP contribution < -0.4 is 5.32 Å². The van der Waals surface area contributed by atoms with Gasteiger partial charge in [0.25, 0.3) is 20.2 Å². The molecule has 7 nitrogen and oxygen atoms in total. The highest BCUT2D eigenvalue weighted by molar-refractivity contribution is 7.86. The van der Waals surface area contributed by atoms with Crippen LogP contribution in [-0.4, -0.2) is 31.8 Å². The van der Waals surface area contributed by atoms with E-state index in [1.54, 1.807) is 0 Å². The van der Waals surface area contributed by atoms with Crippen LogP contribution in [0.2, 0.25) is 0 Å². The highest BCUT2D eigenvalue weighted by Gasteiger charge is 2.10. The van der Waals surface area contributed by atoms with Gasteiger partial charge in [-0.15, -0.1) is 0 Å². The van der Waals surface area contributed by atoms with Gasteiger partial charge in [-0.25, -0.2) is 0 Å². The number of hydrogen-bond donors (Lipinski definition) is 3. The zero-order valence-corrected chi connectivity index (χ0v) is 9.49.